The van der Waals surface area contributed by atoms with E-state index in [1.165, 1.54) is 24.8 Å². The number of carbonyl (C=O) groups is 1. The fourth-order valence-electron chi connectivity index (χ4n) is 3.25. The first-order valence-corrected chi connectivity index (χ1v) is 8.23. The number of benzene rings is 1. The van der Waals surface area contributed by atoms with Gasteiger partial charge in [-0.1, -0.05) is 34.5 Å². The number of halogens is 1. The predicted octanol–water partition coefficient (Wildman–Crippen LogP) is 2.60. The molecule has 2 fully saturated rings. The summed E-state index contributed by atoms with van der Waals surface area (Å²) in [4.78, 5) is 12.2. The molecule has 108 valence electrons. The van der Waals surface area contributed by atoms with Crippen molar-refractivity contribution in [2.75, 3.05) is 19.6 Å². The molecule has 0 bridgehead atoms. The molecule has 1 atom stereocenters. The molecule has 4 heteroatoms. The fraction of sp³-hybridized carbons (Fsp3) is 0.562. The Morgan fingerprint density at radius 1 is 1.35 bits per heavy atom. The first kappa shape index (κ1) is 14.1. The van der Waals surface area contributed by atoms with Crippen molar-refractivity contribution < 1.29 is 4.79 Å². The number of rotatable bonds is 4. The van der Waals surface area contributed by atoms with E-state index >= 15 is 0 Å². The van der Waals surface area contributed by atoms with Crippen LogP contribution in [0, 0.1) is 5.92 Å². The predicted molar refractivity (Wildman–Crippen MR) is 83.7 cm³/mol. The monoisotopic (exact) mass is 336 g/mol. The fourth-order valence-corrected chi connectivity index (χ4v) is 3.52. The van der Waals surface area contributed by atoms with Crippen LogP contribution in [-0.2, 0) is 10.2 Å². The van der Waals surface area contributed by atoms with E-state index < -0.39 is 0 Å². The molecule has 3 nitrogen and oxygen atoms in total. The van der Waals surface area contributed by atoms with Crippen molar-refractivity contribution in [2.24, 2.45) is 5.92 Å². The molecule has 3 rings (SSSR count). The lowest BCUT2D eigenvalue weighted by atomic mass is 9.64. The van der Waals surface area contributed by atoms with Gasteiger partial charge in [0.25, 0.3) is 0 Å². The molecular weight excluding hydrogens is 316 g/mol. The van der Waals surface area contributed by atoms with Crippen molar-refractivity contribution in [3.63, 3.8) is 0 Å². The molecule has 2 N–H and O–H groups in total. The highest BCUT2D eigenvalue weighted by Gasteiger charge is 2.39. The highest BCUT2D eigenvalue weighted by Crippen LogP contribution is 2.43. The molecule has 1 heterocycles. The second-order valence-electron chi connectivity index (χ2n) is 6.05. The van der Waals surface area contributed by atoms with Gasteiger partial charge in [0.2, 0.25) is 5.91 Å². The molecule has 0 spiro atoms. The Bertz CT molecular complexity index is 476. The molecule has 1 saturated carbocycles. The van der Waals surface area contributed by atoms with E-state index in [0.29, 0.717) is 0 Å². The Labute approximate surface area is 128 Å². The molecule has 1 aromatic carbocycles. The van der Waals surface area contributed by atoms with Gasteiger partial charge in [-0.2, -0.15) is 0 Å². The first-order valence-electron chi connectivity index (χ1n) is 7.44. The van der Waals surface area contributed by atoms with Crippen molar-refractivity contribution in [3.8, 4) is 0 Å². The van der Waals surface area contributed by atoms with Gasteiger partial charge in [0.1, 0.15) is 0 Å². The molecule has 1 saturated heterocycles. The minimum Gasteiger partial charge on any atom is -0.355 e. The van der Waals surface area contributed by atoms with Crippen molar-refractivity contribution in [1.82, 2.24) is 10.6 Å². The summed E-state index contributed by atoms with van der Waals surface area (Å²) in [6.45, 7) is 2.58. The van der Waals surface area contributed by atoms with Crippen LogP contribution >= 0.6 is 15.9 Å². The summed E-state index contributed by atoms with van der Waals surface area (Å²) in [6.07, 6.45) is 4.59. The van der Waals surface area contributed by atoms with Crippen molar-refractivity contribution >= 4 is 21.8 Å². The Balaban J connectivity index is 1.64. The zero-order valence-corrected chi connectivity index (χ0v) is 13.2. The van der Waals surface area contributed by atoms with E-state index in [1.54, 1.807) is 0 Å². The lowest BCUT2D eigenvalue weighted by Gasteiger charge is -2.42. The van der Waals surface area contributed by atoms with Crippen molar-refractivity contribution in [1.29, 1.82) is 0 Å². The third kappa shape index (κ3) is 2.77. The average Bonchev–Trinajstić information content (AvgIpc) is 2.93. The normalized spacial score (nSPS) is 24.1. The molecule has 1 amide bonds. The van der Waals surface area contributed by atoms with Crippen LogP contribution in [0.5, 0.6) is 0 Å². The van der Waals surface area contributed by atoms with Gasteiger partial charge in [-0.05, 0) is 43.5 Å². The van der Waals surface area contributed by atoms with Crippen LogP contribution in [0.1, 0.15) is 31.2 Å². The summed E-state index contributed by atoms with van der Waals surface area (Å²) in [7, 11) is 0. The van der Waals surface area contributed by atoms with E-state index in [4.69, 9.17) is 0 Å². The number of nitrogens with one attached hydrogen (secondary N) is 2. The SMILES string of the molecule is O=C(NCC1(c2ccc(Br)cc2)CCC1)[C@H]1CCNC1. The zero-order valence-electron chi connectivity index (χ0n) is 11.6. The van der Waals surface area contributed by atoms with E-state index in [9.17, 15) is 4.79 Å². The molecule has 1 aliphatic heterocycles. The zero-order chi connectivity index (χ0) is 14.0. The van der Waals surface area contributed by atoms with Crippen molar-refractivity contribution in [3.05, 3.63) is 34.3 Å². The van der Waals surface area contributed by atoms with Crippen LogP contribution in [0.2, 0.25) is 0 Å². The molecule has 20 heavy (non-hydrogen) atoms. The summed E-state index contributed by atoms with van der Waals surface area (Å²) in [5.74, 6) is 0.385. The molecule has 2 aliphatic rings. The minimum absolute atomic E-state index is 0.164. The van der Waals surface area contributed by atoms with Crippen LogP contribution in [-0.4, -0.2) is 25.5 Å². The number of carbonyl (C=O) groups excluding carboxylic acids is 1. The Hall–Kier alpha value is -0.870. The second-order valence-corrected chi connectivity index (χ2v) is 6.96. The molecule has 0 radical (unpaired) electrons. The largest absolute Gasteiger partial charge is 0.355 e. The maximum Gasteiger partial charge on any atom is 0.224 e. The van der Waals surface area contributed by atoms with Crippen LogP contribution in [0.15, 0.2) is 28.7 Å². The Kier molecular flexibility index (Phi) is 4.13. The summed E-state index contributed by atoms with van der Waals surface area (Å²) >= 11 is 3.48. The molecule has 0 aromatic heterocycles. The quantitative estimate of drug-likeness (QED) is 0.887. The second kappa shape index (κ2) is 5.86. The van der Waals surface area contributed by atoms with Gasteiger partial charge in [0.15, 0.2) is 0 Å². The molecular formula is C16H21BrN2O. The van der Waals surface area contributed by atoms with Gasteiger partial charge >= 0.3 is 0 Å². The van der Waals surface area contributed by atoms with Crippen LogP contribution in [0.25, 0.3) is 0 Å². The van der Waals surface area contributed by atoms with Gasteiger partial charge in [0.05, 0.1) is 5.92 Å². The van der Waals surface area contributed by atoms with E-state index in [-0.39, 0.29) is 17.2 Å². The topological polar surface area (TPSA) is 41.1 Å². The lowest BCUT2D eigenvalue weighted by Crippen LogP contribution is -2.47. The van der Waals surface area contributed by atoms with Gasteiger partial charge in [-0.15, -0.1) is 0 Å². The van der Waals surface area contributed by atoms with E-state index in [0.717, 1.165) is 30.5 Å². The third-order valence-electron chi connectivity index (χ3n) is 4.80. The summed E-state index contributed by atoms with van der Waals surface area (Å²) in [5.41, 5.74) is 1.53. The van der Waals surface area contributed by atoms with Crippen LogP contribution in [0.3, 0.4) is 0 Å². The Morgan fingerprint density at radius 2 is 2.10 bits per heavy atom. The van der Waals surface area contributed by atoms with E-state index in [2.05, 4.69) is 50.8 Å². The van der Waals surface area contributed by atoms with Gasteiger partial charge in [-0.3, -0.25) is 4.79 Å². The first-order chi connectivity index (χ1) is 9.70. The molecule has 0 unspecified atom stereocenters. The van der Waals surface area contributed by atoms with Crippen LogP contribution < -0.4 is 10.6 Å². The highest BCUT2D eigenvalue weighted by atomic mass is 79.9. The average molecular weight is 337 g/mol. The van der Waals surface area contributed by atoms with Gasteiger partial charge in [0, 0.05) is 23.0 Å². The van der Waals surface area contributed by atoms with Crippen molar-refractivity contribution in [2.45, 2.75) is 31.1 Å². The molecule has 1 aliphatic carbocycles. The minimum atomic E-state index is 0.164. The van der Waals surface area contributed by atoms with Gasteiger partial charge < -0.3 is 10.6 Å². The summed E-state index contributed by atoms with van der Waals surface area (Å²) in [5, 5.41) is 6.44. The third-order valence-corrected chi connectivity index (χ3v) is 5.33. The number of hydrogen-bond acceptors (Lipinski definition) is 2. The smallest absolute Gasteiger partial charge is 0.224 e. The maximum atomic E-state index is 12.2. The highest BCUT2D eigenvalue weighted by molar-refractivity contribution is 9.10. The summed E-state index contributed by atoms with van der Waals surface area (Å²) in [6, 6.07) is 8.56. The Morgan fingerprint density at radius 3 is 2.65 bits per heavy atom. The number of amides is 1. The van der Waals surface area contributed by atoms with E-state index in [1.807, 2.05) is 0 Å². The van der Waals surface area contributed by atoms with Gasteiger partial charge in [-0.25, -0.2) is 0 Å². The summed E-state index contributed by atoms with van der Waals surface area (Å²) < 4.78 is 1.11. The standard InChI is InChI=1S/C16H21BrN2O/c17-14-4-2-13(3-5-14)16(7-1-8-16)11-19-15(20)12-6-9-18-10-12/h2-5,12,18H,1,6-11H2,(H,19,20)/t12-/m0/s1. The number of hydrogen-bond donors (Lipinski definition) is 2. The lowest BCUT2D eigenvalue weighted by molar-refractivity contribution is -0.124. The molecule has 1 aromatic rings. The maximum absolute atomic E-state index is 12.2. The van der Waals surface area contributed by atoms with Crippen LogP contribution in [0.4, 0.5) is 0 Å².